The molecule has 0 saturated carbocycles. The highest BCUT2D eigenvalue weighted by Crippen LogP contribution is 2.11. The fourth-order valence-electron chi connectivity index (χ4n) is 1.58. The molecule has 20 heavy (non-hydrogen) atoms. The van der Waals surface area contributed by atoms with Crippen molar-refractivity contribution < 1.29 is 13.9 Å². The Labute approximate surface area is 117 Å². The predicted octanol–water partition coefficient (Wildman–Crippen LogP) is 2.43. The number of carbonyl (C=O) groups excluding carboxylic acids is 1. The van der Waals surface area contributed by atoms with Crippen molar-refractivity contribution in [3.05, 3.63) is 53.5 Å². The quantitative estimate of drug-likeness (QED) is 0.671. The van der Waals surface area contributed by atoms with Crippen molar-refractivity contribution in [2.24, 2.45) is 5.10 Å². The van der Waals surface area contributed by atoms with E-state index in [9.17, 15) is 4.79 Å². The first kappa shape index (κ1) is 13.9. The van der Waals surface area contributed by atoms with Crippen molar-refractivity contribution in [1.82, 2.24) is 5.43 Å². The third-order valence-corrected chi connectivity index (χ3v) is 2.50. The number of aryl methyl sites for hydroxylation is 2. The maximum Gasteiger partial charge on any atom is 0.277 e. The molecule has 1 aromatic carbocycles. The highest BCUT2D eigenvalue weighted by Gasteiger charge is 2.01. The van der Waals surface area contributed by atoms with Gasteiger partial charge in [-0.05, 0) is 43.7 Å². The van der Waals surface area contributed by atoms with Gasteiger partial charge in [0.1, 0.15) is 17.3 Å². The number of carbonyl (C=O) groups is 1. The molecule has 0 spiro atoms. The molecule has 0 bridgehead atoms. The Morgan fingerprint density at radius 3 is 2.90 bits per heavy atom. The number of rotatable bonds is 5. The second-order valence-corrected chi connectivity index (χ2v) is 4.35. The molecule has 1 N–H and O–H groups in total. The lowest BCUT2D eigenvalue weighted by molar-refractivity contribution is -0.123. The van der Waals surface area contributed by atoms with Gasteiger partial charge in [-0.15, -0.1) is 0 Å². The van der Waals surface area contributed by atoms with Gasteiger partial charge >= 0.3 is 0 Å². The predicted molar refractivity (Wildman–Crippen MR) is 75.9 cm³/mol. The lowest BCUT2D eigenvalue weighted by Crippen LogP contribution is -2.24. The molecule has 1 amide bonds. The third-order valence-electron chi connectivity index (χ3n) is 2.50. The third kappa shape index (κ3) is 4.28. The monoisotopic (exact) mass is 272 g/mol. The summed E-state index contributed by atoms with van der Waals surface area (Å²) in [5, 5.41) is 3.79. The van der Waals surface area contributed by atoms with E-state index < -0.39 is 0 Å². The van der Waals surface area contributed by atoms with E-state index in [0.29, 0.717) is 11.5 Å². The highest BCUT2D eigenvalue weighted by atomic mass is 16.5. The number of hydrogen-bond donors (Lipinski definition) is 1. The minimum absolute atomic E-state index is 0.0853. The maximum absolute atomic E-state index is 11.5. The van der Waals surface area contributed by atoms with E-state index in [0.717, 1.165) is 11.3 Å². The van der Waals surface area contributed by atoms with Crippen LogP contribution in [0.15, 0.2) is 45.9 Å². The number of ether oxygens (including phenoxy) is 1. The molecular weight excluding hydrogens is 256 g/mol. The van der Waals surface area contributed by atoms with Crippen LogP contribution in [0.4, 0.5) is 0 Å². The van der Waals surface area contributed by atoms with Gasteiger partial charge in [-0.3, -0.25) is 4.79 Å². The summed E-state index contributed by atoms with van der Waals surface area (Å²) in [6.07, 6.45) is 1.44. The smallest absolute Gasteiger partial charge is 0.277 e. The van der Waals surface area contributed by atoms with Crippen LogP contribution in [0.1, 0.15) is 17.1 Å². The number of hydrazone groups is 1. The van der Waals surface area contributed by atoms with Gasteiger partial charge in [-0.2, -0.15) is 5.10 Å². The van der Waals surface area contributed by atoms with Crippen LogP contribution in [0.3, 0.4) is 0 Å². The molecule has 1 heterocycles. The van der Waals surface area contributed by atoms with E-state index in [2.05, 4.69) is 10.5 Å². The Balaban J connectivity index is 1.77. The van der Waals surface area contributed by atoms with Gasteiger partial charge in [0.25, 0.3) is 5.91 Å². The SMILES string of the molecule is Cc1cccc(OCC(=O)NN=Cc2ccc(C)o2)c1. The summed E-state index contributed by atoms with van der Waals surface area (Å²) in [5.41, 5.74) is 3.45. The first-order chi connectivity index (χ1) is 9.63. The van der Waals surface area contributed by atoms with Gasteiger partial charge in [0, 0.05) is 0 Å². The molecule has 0 saturated heterocycles. The molecule has 0 aliphatic carbocycles. The zero-order valence-electron chi connectivity index (χ0n) is 11.4. The lowest BCUT2D eigenvalue weighted by Gasteiger charge is -2.05. The summed E-state index contributed by atoms with van der Waals surface area (Å²) in [7, 11) is 0. The zero-order chi connectivity index (χ0) is 14.4. The van der Waals surface area contributed by atoms with E-state index in [1.54, 1.807) is 12.1 Å². The Hall–Kier alpha value is -2.56. The van der Waals surface area contributed by atoms with Crippen LogP contribution in [0.25, 0.3) is 0 Å². The summed E-state index contributed by atoms with van der Waals surface area (Å²) < 4.78 is 10.6. The summed E-state index contributed by atoms with van der Waals surface area (Å²) >= 11 is 0. The van der Waals surface area contributed by atoms with E-state index >= 15 is 0 Å². The van der Waals surface area contributed by atoms with Gasteiger partial charge in [0.15, 0.2) is 6.61 Å². The molecule has 0 fully saturated rings. The average molecular weight is 272 g/mol. The second-order valence-electron chi connectivity index (χ2n) is 4.35. The number of nitrogens with zero attached hydrogens (tertiary/aromatic N) is 1. The lowest BCUT2D eigenvalue weighted by atomic mass is 10.2. The molecule has 104 valence electrons. The minimum atomic E-state index is -0.328. The van der Waals surface area contributed by atoms with Gasteiger partial charge in [-0.25, -0.2) is 5.43 Å². The van der Waals surface area contributed by atoms with Gasteiger partial charge in [0.2, 0.25) is 0 Å². The topological polar surface area (TPSA) is 63.8 Å². The van der Waals surface area contributed by atoms with Crippen LogP contribution >= 0.6 is 0 Å². The Bertz CT molecular complexity index is 617. The number of hydrogen-bond acceptors (Lipinski definition) is 4. The standard InChI is InChI=1S/C15H16N2O3/c1-11-4-3-5-13(8-11)19-10-15(18)17-16-9-14-7-6-12(2)20-14/h3-9H,10H2,1-2H3,(H,17,18). The van der Waals surface area contributed by atoms with E-state index in [-0.39, 0.29) is 12.5 Å². The van der Waals surface area contributed by atoms with E-state index in [4.69, 9.17) is 9.15 Å². The number of benzene rings is 1. The Kier molecular flexibility index (Phi) is 4.55. The van der Waals surface area contributed by atoms with Crippen LogP contribution in [0.2, 0.25) is 0 Å². The molecule has 2 aromatic rings. The maximum atomic E-state index is 11.5. The van der Waals surface area contributed by atoms with Gasteiger partial charge in [-0.1, -0.05) is 12.1 Å². The molecule has 2 rings (SSSR count). The molecule has 0 atom stereocenters. The molecule has 0 unspecified atom stereocenters. The number of nitrogens with one attached hydrogen (secondary N) is 1. The molecular formula is C15H16N2O3. The summed E-state index contributed by atoms with van der Waals surface area (Å²) in [6.45, 7) is 3.71. The van der Waals surface area contributed by atoms with Crippen LogP contribution in [0, 0.1) is 13.8 Å². The Morgan fingerprint density at radius 2 is 2.20 bits per heavy atom. The minimum Gasteiger partial charge on any atom is -0.484 e. The van der Waals surface area contributed by atoms with Gasteiger partial charge < -0.3 is 9.15 Å². The largest absolute Gasteiger partial charge is 0.484 e. The fraction of sp³-hybridized carbons (Fsp3) is 0.200. The van der Waals surface area contributed by atoms with Crippen molar-refractivity contribution in [2.75, 3.05) is 6.61 Å². The molecule has 5 nitrogen and oxygen atoms in total. The Morgan fingerprint density at radius 1 is 1.35 bits per heavy atom. The van der Waals surface area contributed by atoms with E-state index in [1.807, 2.05) is 38.1 Å². The average Bonchev–Trinajstić information content (AvgIpc) is 2.82. The molecule has 0 aliphatic heterocycles. The van der Waals surface area contributed by atoms with Crippen LogP contribution in [-0.4, -0.2) is 18.7 Å². The molecule has 5 heteroatoms. The van der Waals surface area contributed by atoms with Crippen molar-refractivity contribution >= 4 is 12.1 Å². The molecule has 0 aliphatic rings. The highest BCUT2D eigenvalue weighted by molar-refractivity contribution is 5.81. The summed E-state index contributed by atoms with van der Waals surface area (Å²) in [6, 6.07) is 11.1. The van der Waals surface area contributed by atoms with Crippen LogP contribution in [0.5, 0.6) is 5.75 Å². The number of furan rings is 1. The molecule has 0 radical (unpaired) electrons. The van der Waals surface area contributed by atoms with Crippen molar-refractivity contribution in [1.29, 1.82) is 0 Å². The van der Waals surface area contributed by atoms with Crippen LogP contribution < -0.4 is 10.2 Å². The first-order valence-corrected chi connectivity index (χ1v) is 6.21. The first-order valence-electron chi connectivity index (χ1n) is 6.21. The van der Waals surface area contributed by atoms with Crippen molar-refractivity contribution in [2.45, 2.75) is 13.8 Å². The van der Waals surface area contributed by atoms with Crippen molar-refractivity contribution in [3.63, 3.8) is 0 Å². The van der Waals surface area contributed by atoms with Crippen LogP contribution in [-0.2, 0) is 4.79 Å². The number of amides is 1. The molecule has 1 aromatic heterocycles. The van der Waals surface area contributed by atoms with E-state index in [1.165, 1.54) is 6.21 Å². The normalized spacial score (nSPS) is 10.7. The van der Waals surface area contributed by atoms with Crippen molar-refractivity contribution in [3.8, 4) is 5.75 Å². The van der Waals surface area contributed by atoms with Gasteiger partial charge in [0.05, 0.1) is 6.21 Å². The fourth-order valence-corrected chi connectivity index (χ4v) is 1.58. The zero-order valence-corrected chi connectivity index (χ0v) is 11.4. The second kappa shape index (κ2) is 6.56. The summed E-state index contributed by atoms with van der Waals surface area (Å²) in [5.74, 6) is 1.71. The summed E-state index contributed by atoms with van der Waals surface area (Å²) in [4.78, 5) is 11.5.